The standard InChI is InChI=1S/C17H20BrNO/c1-4-19-17(13-8-6-5-7-9-13)14-11-15(18)12(2)10-16(14)20-3/h5-11,17,19H,4H2,1-3H3. The van der Waals surface area contributed by atoms with Gasteiger partial charge in [-0.25, -0.2) is 0 Å². The summed E-state index contributed by atoms with van der Waals surface area (Å²) in [4.78, 5) is 0. The number of halogens is 1. The smallest absolute Gasteiger partial charge is 0.124 e. The lowest BCUT2D eigenvalue weighted by molar-refractivity contribution is 0.404. The number of methoxy groups -OCH3 is 1. The molecule has 0 radical (unpaired) electrons. The number of rotatable bonds is 5. The van der Waals surface area contributed by atoms with Gasteiger partial charge in [0.25, 0.3) is 0 Å². The van der Waals surface area contributed by atoms with E-state index in [1.54, 1.807) is 7.11 Å². The fraction of sp³-hybridized carbons (Fsp3) is 0.294. The molecule has 0 aliphatic rings. The van der Waals surface area contributed by atoms with Gasteiger partial charge < -0.3 is 10.1 Å². The summed E-state index contributed by atoms with van der Waals surface area (Å²) in [6.07, 6.45) is 0. The van der Waals surface area contributed by atoms with Crippen LogP contribution >= 0.6 is 15.9 Å². The van der Waals surface area contributed by atoms with Gasteiger partial charge in [-0.3, -0.25) is 0 Å². The van der Waals surface area contributed by atoms with Crippen molar-refractivity contribution in [2.45, 2.75) is 19.9 Å². The summed E-state index contributed by atoms with van der Waals surface area (Å²) in [5.41, 5.74) is 3.57. The highest BCUT2D eigenvalue weighted by Gasteiger charge is 2.18. The second-order valence-corrected chi connectivity index (χ2v) is 5.60. The lowest BCUT2D eigenvalue weighted by Gasteiger charge is -2.22. The van der Waals surface area contributed by atoms with Crippen LogP contribution < -0.4 is 10.1 Å². The van der Waals surface area contributed by atoms with Gasteiger partial charge in [0.2, 0.25) is 0 Å². The maximum atomic E-state index is 5.57. The van der Waals surface area contributed by atoms with Crippen molar-refractivity contribution in [3.05, 3.63) is 63.6 Å². The molecule has 106 valence electrons. The van der Waals surface area contributed by atoms with Crippen LogP contribution in [0.4, 0.5) is 0 Å². The first-order chi connectivity index (χ1) is 9.67. The van der Waals surface area contributed by atoms with Crippen molar-refractivity contribution < 1.29 is 4.74 Å². The van der Waals surface area contributed by atoms with E-state index in [2.05, 4.69) is 71.5 Å². The molecule has 0 saturated heterocycles. The van der Waals surface area contributed by atoms with Crippen LogP contribution in [-0.2, 0) is 0 Å². The van der Waals surface area contributed by atoms with Crippen molar-refractivity contribution >= 4 is 15.9 Å². The molecule has 0 saturated carbocycles. The minimum absolute atomic E-state index is 0.132. The molecule has 0 aliphatic heterocycles. The Kier molecular flexibility index (Phi) is 5.21. The van der Waals surface area contributed by atoms with Gasteiger partial charge in [-0.15, -0.1) is 0 Å². The monoisotopic (exact) mass is 333 g/mol. The van der Waals surface area contributed by atoms with Gasteiger partial charge in [0, 0.05) is 10.0 Å². The molecule has 20 heavy (non-hydrogen) atoms. The predicted molar refractivity (Wildman–Crippen MR) is 87.4 cm³/mol. The van der Waals surface area contributed by atoms with E-state index in [1.807, 2.05) is 6.07 Å². The van der Waals surface area contributed by atoms with Crippen molar-refractivity contribution in [2.75, 3.05) is 13.7 Å². The molecule has 2 nitrogen and oxygen atoms in total. The average molecular weight is 334 g/mol. The molecule has 1 unspecified atom stereocenters. The third-order valence-corrected chi connectivity index (χ3v) is 4.22. The van der Waals surface area contributed by atoms with E-state index in [0.29, 0.717) is 0 Å². The molecule has 0 spiro atoms. The van der Waals surface area contributed by atoms with Crippen LogP contribution in [0.3, 0.4) is 0 Å². The number of aryl methyl sites for hydroxylation is 1. The van der Waals surface area contributed by atoms with Crippen LogP contribution in [0.1, 0.15) is 29.7 Å². The number of nitrogens with one attached hydrogen (secondary N) is 1. The molecule has 3 heteroatoms. The number of hydrogen-bond acceptors (Lipinski definition) is 2. The Morgan fingerprint density at radius 3 is 2.50 bits per heavy atom. The normalized spacial score (nSPS) is 12.2. The van der Waals surface area contributed by atoms with E-state index in [-0.39, 0.29) is 6.04 Å². The van der Waals surface area contributed by atoms with Gasteiger partial charge >= 0.3 is 0 Å². The van der Waals surface area contributed by atoms with Crippen LogP contribution in [-0.4, -0.2) is 13.7 Å². The van der Waals surface area contributed by atoms with Gasteiger partial charge in [0.15, 0.2) is 0 Å². The first kappa shape index (κ1) is 15.1. The molecule has 1 atom stereocenters. The van der Waals surface area contributed by atoms with Crippen LogP contribution in [0.2, 0.25) is 0 Å². The van der Waals surface area contributed by atoms with Crippen molar-refractivity contribution in [3.63, 3.8) is 0 Å². The lowest BCUT2D eigenvalue weighted by Crippen LogP contribution is -2.22. The first-order valence-corrected chi connectivity index (χ1v) is 7.59. The zero-order valence-electron chi connectivity index (χ0n) is 12.1. The Labute approximate surface area is 129 Å². The van der Waals surface area contributed by atoms with Gasteiger partial charge in [0.05, 0.1) is 13.2 Å². The molecule has 0 bridgehead atoms. The molecular weight excluding hydrogens is 314 g/mol. The third-order valence-electron chi connectivity index (χ3n) is 3.36. The minimum atomic E-state index is 0.132. The highest BCUT2D eigenvalue weighted by molar-refractivity contribution is 9.10. The fourth-order valence-electron chi connectivity index (χ4n) is 2.33. The summed E-state index contributed by atoms with van der Waals surface area (Å²) >= 11 is 3.62. The topological polar surface area (TPSA) is 21.3 Å². The van der Waals surface area contributed by atoms with Gasteiger partial charge in [-0.05, 0) is 36.7 Å². The summed E-state index contributed by atoms with van der Waals surface area (Å²) in [5, 5.41) is 3.54. The van der Waals surface area contributed by atoms with Crippen LogP contribution in [0.25, 0.3) is 0 Å². The highest BCUT2D eigenvalue weighted by atomic mass is 79.9. The number of ether oxygens (including phenoxy) is 1. The van der Waals surface area contributed by atoms with Gasteiger partial charge in [-0.2, -0.15) is 0 Å². The highest BCUT2D eigenvalue weighted by Crippen LogP contribution is 2.34. The van der Waals surface area contributed by atoms with Gasteiger partial charge in [0.1, 0.15) is 5.75 Å². The zero-order chi connectivity index (χ0) is 14.5. The van der Waals surface area contributed by atoms with Crippen molar-refractivity contribution in [1.29, 1.82) is 0 Å². The van der Waals surface area contributed by atoms with E-state index in [0.717, 1.165) is 22.3 Å². The summed E-state index contributed by atoms with van der Waals surface area (Å²) in [6, 6.07) is 14.8. The molecular formula is C17H20BrNO. The lowest BCUT2D eigenvalue weighted by atomic mass is 9.96. The van der Waals surface area contributed by atoms with Crippen molar-refractivity contribution in [2.24, 2.45) is 0 Å². The summed E-state index contributed by atoms with van der Waals surface area (Å²) in [5.74, 6) is 0.917. The fourth-order valence-corrected chi connectivity index (χ4v) is 2.69. The first-order valence-electron chi connectivity index (χ1n) is 6.79. The molecule has 2 aromatic rings. The van der Waals surface area contributed by atoms with Crippen molar-refractivity contribution in [3.8, 4) is 5.75 Å². The third kappa shape index (κ3) is 3.22. The van der Waals surface area contributed by atoms with E-state index < -0.39 is 0 Å². The Balaban J connectivity index is 2.52. The van der Waals surface area contributed by atoms with Crippen LogP contribution in [0.5, 0.6) is 5.75 Å². The molecule has 0 aromatic heterocycles. The summed E-state index contributed by atoms with van der Waals surface area (Å²) < 4.78 is 6.67. The minimum Gasteiger partial charge on any atom is -0.496 e. The number of benzene rings is 2. The van der Waals surface area contributed by atoms with E-state index in [9.17, 15) is 0 Å². The summed E-state index contributed by atoms with van der Waals surface area (Å²) in [6.45, 7) is 5.08. The van der Waals surface area contributed by atoms with E-state index in [1.165, 1.54) is 11.1 Å². The van der Waals surface area contributed by atoms with Crippen molar-refractivity contribution in [1.82, 2.24) is 5.32 Å². The maximum Gasteiger partial charge on any atom is 0.124 e. The molecule has 2 rings (SSSR count). The Morgan fingerprint density at radius 2 is 1.90 bits per heavy atom. The summed E-state index contributed by atoms with van der Waals surface area (Å²) in [7, 11) is 1.72. The molecule has 0 aliphatic carbocycles. The Morgan fingerprint density at radius 1 is 1.20 bits per heavy atom. The molecule has 0 fully saturated rings. The Hall–Kier alpha value is -1.32. The van der Waals surface area contributed by atoms with Crippen LogP contribution in [0.15, 0.2) is 46.9 Å². The second-order valence-electron chi connectivity index (χ2n) is 4.74. The van der Waals surface area contributed by atoms with Gasteiger partial charge in [-0.1, -0.05) is 53.2 Å². The molecule has 1 N–H and O–H groups in total. The maximum absolute atomic E-state index is 5.57. The average Bonchev–Trinajstić information content (AvgIpc) is 2.48. The quantitative estimate of drug-likeness (QED) is 0.871. The predicted octanol–water partition coefficient (Wildman–Crippen LogP) is 4.47. The zero-order valence-corrected chi connectivity index (χ0v) is 13.7. The second kappa shape index (κ2) is 6.91. The SMILES string of the molecule is CCNC(c1ccccc1)c1cc(Br)c(C)cc1OC. The van der Waals surface area contributed by atoms with Crippen LogP contribution in [0, 0.1) is 6.92 Å². The van der Waals surface area contributed by atoms with E-state index in [4.69, 9.17) is 4.74 Å². The largest absolute Gasteiger partial charge is 0.496 e. The number of hydrogen-bond donors (Lipinski definition) is 1. The Bertz CT molecular complexity index is 569. The molecule has 0 heterocycles. The van der Waals surface area contributed by atoms with E-state index >= 15 is 0 Å². The molecule has 0 amide bonds. The molecule has 2 aromatic carbocycles.